The average molecular weight is 381 g/mol. The Morgan fingerprint density at radius 2 is 2.00 bits per heavy atom. The van der Waals surface area contributed by atoms with E-state index in [0.29, 0.717) is 30.8 Å². The first-order valence-electron chi connectivity index (χ1n) is 9.17. The number of hydrogen-bond acceptors (Lipinski definition) is 4. The largest absolute Gasteiger partial charge is 0.491 e. The molecule has 1 amide bonds. The first-order valence-corrected chi connectivity index (χ1v) is 9.17. The minimum atomic E-state index is -1.03. The highest BCUT2D eigenvalue weighted by atomic mass is 19.1. The number of carbonyl (C=O) groups excluding carboxylic acids is 1. The van der Waals surface area contributed by atoms with Crippen molar-refractivity contribution in [2.75, 3.05) is 13.2 Å². The summed E-state index contributed by atoms with van der Waals surface area (Å²) in [5.74, 6) is -0.756. The van der Waals surface area contributed by atoms with Crippen LogP contribution in [0.3, 0.4) is 0 Å². The molecule has 0 radical (unpaired) electrons. The van der Waals surface area contributed by atoms with Gasteiger partial charge in [-0.3, -0.25) is 9.69 Å². The third-order valence-corrected chi connectivity index (χ3v) is 4.66. The number of hydrogen-bond donors (Lipinski definition) is 1. The van der Waals surface area contributed by atoms with Gasteiger partial charge in [-0.05, 0) is 64.7 Å². The van der Waals surface area contributed by atoms with E-state index in [1.807, 2.05) is 20.8 Å². The Morgan fingerprint density at radius 1 is 1.33 bits per heavy atom. The number of carboxylic acid groups (broad SMARTS) is 1. The number of esters is 1. The summed E-state index contributed by atoms with van der Waals surface area (Å²) in [5, 5.41) is 9.44. The second-order valence-electron chi connectivity index (χ2n) is 7.88. The van der Waals surface area contributed by atoms with Gasteiger partial charge in [-0.25, -0.2) is 9.18 Å². The van der Waals surface area contributed by atoms with E-state index in [-0.39, 0.29) is 18.5 Å². The molecule has 0 spiro atoms. The molecule has 2 unspecified atom stereocenters. The molecule has 0 saturated heterocycles. The molecule has 1 N–H and O–H groups in total. The molecule has 0 bridgehead atoms. The average Bonchev–Trinajstić information content (AvgIpc) is 2.96. The highest BCUT2D eigenvalue weighted by Crippen LogP contribution is 2.33. The van der Waals surface area contributed by atoms with E-state index in [1.54, 1.807) is 19.9 Å². The van der Waals surface area contributed by atoms with Gasteiger partial charge >= 0.3 is 12.1 Å². The van der Waals surface area contributed by atoms with Crippen molar-refractivity contribution in [2.24, 2.45) is 5.92 Å². The number of halogens is 1. The topological polar surface area (TPSA) is 76.1 Å². The summed E-state index contributed by atoms with van der Waals surface area (Å²) < 4.78 is 25.2. The second kappa shape index (κ2) is 8.15. The molecule has 2 rings (SSSR count). The van der Waals surface area contributed by atoms with E-state index in [2.05, 4.69) is 0 Å². The Bertz CT molecular complexity index is 713. The van der Waals surface area contributed by atoms with E-state index >= 15 is 0 Å². The highest BCUT2D eigenvalue weighted by molar-refractivity contribution is 5.74. The fraction of sp³-hybridized carbons (Fsp3) is 0.600. The van der Waals surface area contributed by atoms with Gasteiger partial charge in [-0.15, -0.1) is 0 Å². The number of fused-ring (bicyclic) bond motifs is 1. The van der Waals surface area contributed by atoms with Gasteiger partial charge in [0.25, 0.3) is 0 Å². The molecule has 0 saturated carbocycles. The van der Waals surface area contributed by atoms with Crippen molar-refractivity contribution in [2.45, 2.75) is 59.0 Å². The third kappa shape index (κ3) is 4.90. The van der Waals surface area contributed by atoms with Crippen LogP contribution in [0.5, 0.6) is 5.75 Å². The van der Waals surface area contributed by atoms with Crippen LogP contribution in [-0.2, 0) is 22.4 Å². The van der Waals surface area contributed by atoms with E-state index in [1.165, 1.54) is 11.0 Å². The summed E-state index contributed by atoms with van der Waals surface area (Å²) in [5.41, 5.74) is 0.682. The van der Waals surface area contributed by atoms with Gasteiger partial charge in [0.1, 0.15) is 18.2 Å². The summed E-state index contributed by atoms with van der Waals surface area (Å²) in [6, 6.07) is 2.61. The Balaban J connectivity index is 2.08. The first-order chi connectivity index (χ1) is 12.5. The molecule has 1 aromatic rings. The number of rotatable bonds is 6. The van der Waals surface area contributed by atoms with E-state index in [4.69, 9.17) is 9.47 Å². The predicted octanol–water partition coefficient (Wildman–Crippen LogP) is 3.65. The van der Waals surface area contributed by atoms with Crippen molar-refractivity contribution < 1.29 is 28.6 Å². The van der Waals surface area contributed by atoms with Crippen molar-refractivity contribution in [3.8, 4) is 5.75 Å². The van der Waals surface area contributed by atoms with Gasteiger partial charge in [0.2, 0.25) is 0 Å². The lowest BCUT2D eigenvalue weighted by molar-refractivity contribution is -0.147. The van der Waals surface area contributed by atoms with Crippen molar-refractivity contribution in [3.05, 3.63) is 29.1 Å². The number of amides is 1. The van der Waals surface area contributed by atoms with Crippen LogP contribution in [0.1, 0.15) is 45.7 Å². The number of carbonyl (C=O) groups is 2. The zero-order chi connectivity index (χ0) is 20.4. The predicted molar refractivity (Wildman–Crippen MR) is 98.5 cm³/mol. The molecule has 0 fully saturated rings. The van der Waals surface area contributed by atoms with Crippen LogP contribution in [0.2, 0.25) is 0 Å². The highest BCUT2D eigenvalue weighted by Gasteiger charge is 2.33. The van der Waals surface area contributed by atoms with Gasteiger partial charge in [-0.1, -0.05) is 0 Å². The fourth-order valence-corrected chi connectivity index (χ4v) is 3.60. The van der Waals surface area contributed by atoms with Gasteiger partial charge in [-0.2, -0.15) is 0 Å². The Kier molecular flexibility index (Phi) is 6.34. The van der Waals surface area contributed by atoms with Crippen LogP contribution < -0.4 is 4.74 Å². The zero-order valence-corrected chi connectivity index (χ0v) is 16.5. The minimum Gasteiger partial charge on any atom is -0.491 e. The summed E-state index contributed by atoms with van der Waals surface area (Å²) in [6.45, 7) is 9.32. The van der Waals surface area contributed by atoms with Gasteiger partial charge in [0.15, 0.2) is 0 Å². The van der Waals surface area contributed by atoms with Crippen LogP contribution >= 0.6 is 0 Å². The van der Waals surface area contributed by atoms with E-state index in [0.717, 1.165) is 5.56 Å². The van der Waals surface area contributed by atoms with Crippen molar-refractivity contribution in [1.82, 2.24) is 4.90 Å². The molecule has 0 heterocycles. The van der Waals surface area contributed by atoms with Crippen LogP contribution in [0.25, 0.3) is 0 Å². The monoisotopic (exact) mass is 381 g/mol. The maximum atomic E-state index is 14.4. The molecule has 150 valence electrons. The van der Waals surface area contributed by atoms with Crippen molar-refractivity contribution >= 4 is 12.1 Å². The molecule has 7 heteroatoms. The molecule has 0 aliphatic heterocycles. The summed E-state index contributed by atoms with van der Waals surface area (Å²) >= 11 is 0. The Morgan fingerprint density at radius 3 is 2.56 bits per heavy atom. The molecular weight excluding hydrogens is 353 g/mol. The molecule has 27 heavy (non-hydrogen) atoms. The lowest BCUT2D eigenvalue weighted by Crippen LogP contribution is -2.52. The second-order valence-corrected chi connectivity index (χ2v) is 7.88. The maximum Gasteiger partial charge on any atom is 0.408 e. The smallest absolute Gasteiger partial charge is 0.408 e. The Hall–Kier alpha value is -2.31. The van der Waals surface area contributed by atoms with E-state index in [9.17, 15) is 19.1 Å². The lowest BCUT2D eigenvalue weighted by Gasteiger charge is -2.37. The molecule has 6 nitrogen and oxygen atoms in total. The quantitative estimate of drug-likeness (QED) is 0.761. The third-order valence-electron chi connectivity index (χ3n) is 4.66. The molecule has 1 aliphatic rings. The molecule has 0 aromatic heterocycles. The number of ether oxygens (including phenoxy) is 2. The molecule has 2 atom stereocenters. The van der Waals surface area contributed by atoms with Crippen molar-refractivity contribution in [1.29, 1.82) is 0 Å². The normalized spacial score (nSPS) is 17.2. The molecule has 1 aliphatic carbocycles. The van der Waals surface area contributed by atoms with Crippen LogP contribution in [0, 0.1) is 11.7 Å². The molecular formula is C20H28FNO5. The number of benzene rings is 1. The fourth-order valence-electron chi connectivity index (χ4n) is 3.60. The van der Waals surface area contributed by atoms with Crippen LogP contribution in [-0.4, -0.2) is 46.9 Å². The summed E-state index contributed by atoms with van der Waals surface area (Å²) in [7, 11) is 0. The zero-order valence-electron chi connectivity index (χ0n) is 16.5. The van der Waals surface area contributed by atoms with Gasteiger partial charge in [0, 0.05) is 11.6 Å². The lowest BCUT2D eigenvalue weighted by atomic mass is 10.0. The van der Waals surface area contributed by atoms with Crippen LogP contribution in [0.4, 0.5) is 9.18 Å². The standard InChI is InChI=1S/C20H28FNO5/c1-6-26-18(23)14-7-13-8-15(10-17(21)16(13)9-14)27-11-12(2)22(19(24)25)20(3,4)5/h8,10,12,14H,6-7,9,11H2,1-5H3,(H,24,25). The minimum absolute atomic E-state index is 0.100. The SMILES string of the molecule is CCOC(=O)C1Cc2cc(OCC(C)N(C(=O)O)C(C)(C)C)cc(F)c2C1. The molecule has 1 aromatic carbocycles. The summed E-state index contributed by atoms with van der Waals surface area (Å²) in [4.78, 5) is 24.8. The van der Waals surface area contributed by atoms with Gasteiger partial charge < -0.3 is 14.6 Å². The Labute approximate surface area is 159 Å². The maximum absolute atomic E-state index is 14.4. The van der Waals surface area contributed by atoms with Crippen molar-refractivity contribution in [3.63, 3.8) is 0 Å². The number of nitrogens with zero attached hydrogens (tertiary/aromatic N) is 1. The van der Waals surface area contributed by atoms with Crippen LogP contribution in [0.15, 0.2) is 12.1 Å². The summed E-state index contributed by atoms with van der Waals surface area (Å²) in [6.07, 6.45) is -0.287. The first kappa shape index (κ1) is 21.0. The van der Waals surface area contributed by atoms with E-state index < -0.39 is 23.5 Å². The van der Waals surface area contributed by atoms with Gasteiger partial charge in [0.05, 0.1) is 18.6 Å².